The molecule has 0 saturated heterocycles. The lowest BCUT2D eigenvalue weighted by atomic mass is 9.75. The van der Waals surface area contributed by atoms with Crippen LogP contribution in [0.4, 0.5) is 4.39 Å². The van der Waals surface area contributed by atoms with E-state index in [-0.39, 0.29) is 0 Å². The van der Waals surface area contributed by atoms with Gasteiger partial charge in [0.2, 0.25) is 0 Å². The maximum Gasteiger partial charge on any atom is 0.194 e. The van der Waals surface area contributed by atoms with Gasteiger partial charge in [0.25, 0.3) is 0 Å². The van der Waals surface area contributed by atoms with Gasteiger partial charge in [-0.3, -0.25) is 0 Å². The molecule has 0 N–H and O–H groups in total. The summed E-state index contributed by atoms with van der Waals surface area (Å²) in [6, 6.07) is 66.6. The zero-order valence-corrected chi connectivity index (χ0v) is 32.1. The fourth-order valence-corrected chi connectivity index (χ4v) is 11.6. The van der Waals surface area contributed by atoms with Crippen LogP contribution >= 0.6 is 0 Å². The normalized spacial score (nSPS) is 15.5. The van der Waals surface area contributed by atoms with Crippen LogP contribution in [0, 0.1) is 0 Å². The van der Waals surface area contributed by atoms with Crippen LogP contribution in [0.25, 0.3) is 110 Å². The summed E-state index contributed by atoms with van der Waals surface area (Å²) < 4.78 is 29.4. The molecule has 0 spiro atoms. The topological polar surface area (TPSA) is 19.7 Å². The summed E-state index contributed by atoms with van der Waals surface area (Å²) in [5.74, 6) is 0. The molecule has 6 heterocycles. The van der Waals surface area contributed by atoms with Gasteiger partial charge >= 0.3 is 0 Å². The summed E-state index contributed by atoms with van der Waals surface area (Å²) in [6.45, 7) is 0. The molecule has 15 rings (SSSR count). The van der Waals surface area contributed by atoms with Crippen LogP contribution in [-0.2, 0) is 5.67 Å². The molecule has 4 nitrogen and oxygen atoms in total. The van der Waals surface area contributed by atoms with E-state index in [0.717, 1.165) is 88.4 Å². The average Bonchev–Trinajstić information content (AvgIpc) is 4.04. The standard InChI is InChI=1S/C55H31FN4/c56-55-38-20-11-19-37-50-45(57-40-21-6-1-14-32(40)33-15-2-7-22-41(33)57)26-12-27-46(50)60(53(37)38)49-29-13-28-48(52(49)55)59-44-25-10-5-18-36(44)51-47(31-30-39(55)54(51)59)58-42-23-8-3-16-34(42)35-17-4-9-24-43(35)58/h1-31H. The van der Waals surface area contributed by atoms with Gasteiger partial charge < -0.3 is 18.3 Å². The van der Waals surface area contributed by atoms with E-state index in [4.69, 9.17) is 0 Å². The summed E-state index contributed by atoms with van der Waals surface area (Å²) in [5.41, 5.74) is 12.5. The number of alkyl halides is 1. The van der Waals surface area contributed by atoms with E-state index in [9.17, 15) is 0 Å². The first-order chi connectivity index (χ1) is 29.7. The molecule has 0 bridgehead atoms. The Morgan fingerprint density at radius 2 is 0.683 bits per heavy atom. The monoisotopic (exact) mass is 766 g/mol. The Morgan fingerprint density at radius 1 is 0.283 bits per heavy atom. The molecule has 0 fully saturated rings. The molecule has 0 saturated carbocycles. The van der Waals surface area contributed by atoms with Crippen molar-refractivity contribution in [2.45, 2.75) is 5.67 Å². The molecule has 0 radical (unpaired) electrons. The van der Waals surface area contributed by atoms with Crippen molar-refractivity contribution in [1.82, 2.24) is 18.3 Å². The summed E-state index contributed by atoms with van der Waals surface area (Å²) >= 11 is 0. The second-order valence-electron chi connectivity index (χ2n) is 16.5. The predicted octanol–water partition coefficient (Wildman–Crippen LogP) is 14.0. The highest BCUT2D eigenvalue weighted by Crippen LogP contribution is 2.59. The van der Waals surface area contributed by atoms with Gasteiger partial charge in [-0.1, -0.05) is 127 Å². The zero-order chi connectivity index (χ0) is 39.0. The number of para-hydroxylation sites is 6. The van der Waals surface area contributed by atoms with Gasteiger partial charge in [-0.15, -0.1) is 0 Å². The zero-order valence-electron chi connectivity index (χ0n) is 32.1. The fourth-order valence-electron chi connectivity index (χ4n) is 11.6. The van der Waals surface area contributed by atoms with E-state index in [1.165, 1.54) is 21.5 Å². The van der Waals surface area contributed by atoms with Crippen molar-refractivity contribution >= 4 is 87.2 Å². The number of halogens is 1. The highest BCUT2D eigenvalue weighted by atomic mass is 19.1. The number of nitrogens with zero attached hydrogens (tertiary/aromatic N) is 4. The van der Waals surface area contributed by atoms with Gasteiger partial charge in [0.1, 0.15) is 0 Å². The highest BCUT2D eigenvalue weighted by molar-refractivity contribution is 6.21. The van der Waals surface area contributed by atoms with Gasteiger partial charge in [0.15, 0.2) is 5.67 Å². The summed E-state index contributed by atoms with van der Waals surface area (Å²) in [5, 5.41) is 9.13. The molecule has 2 aliphatic rings. The van der Waals surface area contributed by atoms with Gasteiger partial charge in [0, 0.05) is 59.8 Å². The van der Waals surface area contributed by atoms with Crippen LogP contribution in [0.15, 0.2) is 188 Å². The Balaban J connectivity index is 1.10. The summed E-state index contributed by atoms with van der Waals surface area (Å²) in [6.07, 6.45) is 0. The van der Waals surface area contributed by atoms with E-state index < -0.39 is 5.67 Å². The van der Waals surface area contributed by atoms with E-state index in [1.807, 2.05) is 6.07 Å². The minimum absolute atomic E-state index is 0.671. The summed E-state index contributed by atoms with van der Waals surface area (Å²) in [4.78, 5) is 0. The van der Waals surface area contributed by atoms with Gasteiger partial charge in [-0.05, 0) is 60.7 Å². The molecular formula is C55H31FN4. The van der Waals surface area contributed by atoms with Crippen molar-refractivity contribution in [3.05, 3.63) is 205 Å². The van der Waals surface area contributed by atoms with E-state index in [0.29, 0.717) is 16.7 Å². The number of benzene rings is 9. The van der Waals surface area contributed by atoms with Crippen molar-refractivity contribution < 1.29 is 4.39 Å². The molecule has 60 heavy (non-hydrogen) atoms. The SMILES string of the molecule is FC12c3c(cccc3-n3c4ccccc4c4c(-n5c6ccccc6c6ccccc65)ccc1c43)-n1c3cccc(-n4c5ccccc5c5ccccc54)c3c3cccc2c31. The first-order valence-electron chi connectivity index (χ1n) is 20.7. The second kappa shape index (κ2) is 10.6. The molecule has 2 aliphatic heterocycles. The third-order valence-corrected chi connectivity index (χ3v) is 13.8. The minimum atomic E-state index is -1.94. The Morgan fingerprint density at radius 3 is 1.27 bits per heavy atom. The molecule has 278 valence electrons. The van der Waals surface area contributed by atoms with Crippen molar-refractivity contribution in [3.8, 4) is 22.7 Å². The van der Waals surface area contributed by atoms with Crippen LogP contribution in [0.3, 0.4) is 0 Å². The Labute approximate surface area is 341 Å². The molecule has 13 aromatic rings. The lowest BCUT2D eigenvalue weighted by molar-refractivity contribution is 0.278. The van der Waals surface area contributed by atoms with Crippen molar-refractivity contribution in [1.29, 1.82) is 0 Å². The molecule has 5 heteroatoms. The second-order valence-corrected chi connectivity index (χ2v) is 16.5. The molecule has 1 unspecified atom stereocenters. The van der Waals surface area contributed by atoms with Crippen LogP contribution < -0.4 is 0 Å². The third kappa shape index (κ3) is 3.42. The summed E-state index contributed by atoms with van der Waals surface area (Å²) in [7, 11) is 0. The van der Waals surface area contributed by atoms with Crippen LogP contribution in [0.5, 0.6) is 0 Å². The first kappa shape index (κ1) is 31.1. The van der Waals surface area contributed by atoms with Gasteiger partial charge in [0.05, 0.1) is 66.9 Å². The maximum absolute atomic E-state index is 19.9. The lowest BCUT2D eigenvalue weighted by Gasteiger charge is -2.39. The van der Waals surface area contributed by atoms with Crippen LogP contribution in [0.2, 0.25) is 0 Å². The fraction of sp³-hybridized carbons (Fsp3) is 0.0182. The third-order valence-electron chi connectivity index (χ3n) is 13.8. The van der Waals surface area contributed by atoms with Crippen LogP contribution in [-0.4, -0.2) is 18.3 Å². The highest BCUT2D eigenvalue weighted by Gasteiger charge is 2.50. The first-order valence-corrected chi connectivity index (χ1v) is 20.7. The van der Waals surface area contributed by atoms with Crippen molar-refractivity contribution in [2.24, 2.45) is 0 Å². The number of rotatable bonds is 2. The quantitative estimate of drug-likeness (QED) is 0.167. The Hall–Kier alpha value is -7.89. The molecule has 4 aromatic heterocycles. The molecule has 0 aliphatic carbocycles. The van der Waals surface area contributed by atoms with Crippen molar-refractivity contribution in [3.63, 3.8) is 0 Å². The number of hydrogen-bond donors (Lipinski definition) is 0. The molecule has 9 aromatic carbocycles. The minimum Gasteiger partial charge on any atom is -0.309 e. The van der Waals surface area contributed by atoms with E-state index in [2.05, 4.69) is 200 Å². The smallest absolute Gasteiger partial charge is 0.194 e. The van der Waals surface area contributed by atoms with Crippen LogP contribution in [0.1, 0.15) is 16.7 Å². The molecule has 0 amide bonds. The average molecular weight is 767 g/mol. The number of hydrogen-bond acceptors (Lipinski definition) is 0. The maximum atomic E-state index is 19.9. The Kier molecular flexibility index (Phi) is 5.49. The van der Waals surface area contributed by atoms with Gasteiger partial charge in [-0.2, -0.15) is 0 Å². The van der Waals surface area contributed by atoms with E-state index >= 15 is 4.39 Å². The molecule has 1 atom stereocenters. The molecular weight excluding hydrogens is 736 g/mol. The predicted molar refractivity (Wildman–Crippen MR) is 245 cm³/mol. The van der Waals surface area contributed by atoms with E-state index in [1.54, 1.807) is 0 Å². The van der Waals surface area contributed by atoms with Gasteiger partial charge in [-0.25, -0.2) is 4.39 Å². The van der Waals surface area contributed by atoms with Crippen molar-refractivity contribution in [2.75, 3.05) is 0 Å². The number of fused-ring (bicyclic) bond motifs is 16. The number of aromatic nitrogens is 4. The Bertz CT molecular complexity index is 3970. The lowest BCUT2D eigenvalue weighted by Crippen LogP contribution is -2.34. The largest absolute Gasteiger partial charge is 0.309 e.